The summed E-state index contributed by atoms with van der Waals surface area (Å²) in [6.45, 7) is 4.22. The first-order chi connectivity index (χ1) is 9.19. The topological polar surface area (TPSA) is 80.3 Å². The molecule has 102 valence electrons. The highest BCUT2D eigenvalue weighted by Gasteiger charge is 2.17. The van der Waals surface area contributed by atoms with Crippen LogP contribution < -0.4 is 10.6 Å². The molecule has 0 aromatic carbocycles. The van der Waals surface area contributed by atoms with Crippen LogP contribution in [0.3, 0.4) is 0 Å². The third-order valence-electron chi connectivity index (χ3n) is 2.71. The van der Waals surface area contributed by atoms with E-state index in [0.717, 1.165) is 5.76 Å². The van der Waals surface area contributed by atoms with Crippen LogP contribution in [0, 0.1) is 6.92 Å². The second-order valence-electron chi connectivity index (χ2n) is 4.23. The van der Waals surface area contributed by atoms with Crippen LogP contribution in [0.5, 0.6) is 0 Å². The highest BCUT2D eigenvalue weighted by Crippen LogP contribution is 2.08. The number of anilines is 1. The minimum absolute atomic E-state index is 0.137. The molecular formula is C13H17N3O3. The third kappa shape index (κ3) is 3.69. The molecule has 2 N–H and O–H groups in total. The third-order valence-corrected chi connectivity index (χ3v) is 2.71. The molecule has 1 amide bonds. The number of carbonyl (C=O) groups is 1. The fourth-order valence-electron chi connectivity index (χ4n) is 1.70. The molecule has 2 heterocycles. The number of hydrogen-bond acceptors (Lipinski definition) is 5. The molecule has 0 bridgehead atoms. The number of aromatic nitrogens is 1. The molecule has 0 saturated heterocycles. The van der Waals surface area contributed by atoms with E-state index in [4.69, 9.17) is 8.94 Å². The summed E-state index contributed by atoms with van der Waals surface area (Å²) in [4.78, 5) is 12.0. The summed E-state index contributed by atoms with van der Waals surface area (Å²) in [6.07, 6.45) is 2.28. The van der Waals surface area contributed by atoms with E-state index in [1.165, 1.54) is 0 Å². The van der Waals surface area contributed by atoms with E-state index in [-0.39, 0.29) is 11.9 Å². The van der Waals surface area contributed by atoms with Crippen molar-refractivity contribution in [1.82, 2.24) is 10.5 Å². The number of aryl methyl sites for hydroxylation is 1. The summed E-state index contributed by atoms with van der Waals surface area (Å²) >= 11 is 0. The Labute approximate surface area is 111 Å². The molecule has 1 atom stereocenters. The van der Waals surface area contributed by atoms with Gasteiger partial charge in [-0.15, -0.1) is 0 Å². The van der Waals surface area contributed by atoms with Crippen molar-refractivity contribution in [3.8, 4) is 0 Å². The first-order valence-electron chi connectivity index (χ1n) is 6.19. The Morgan fingerprint density at radius 1 is 1.53 bits per heavy atom. The Balaban J connectivity index is 1.87. The van der Waals surface area contributed by atoms with E-state index in [1.54, 1.807) is 19.3 Å². The number of amides is 1. The number of hydrogen-bond donors (Lipinski definition) is 2. The molecule has 0 saturated carbocycles. The maximum absolute atomic E-state index is 12.0. The van der Waals surface area contributed by atoms with Crippen LogP contribution >= 0.6 is 0 Å². The monoisotopic (exact) mass is 263 g/mol. The van der Waals surface area contributed by atoms with Gasteiger partial charge in [-0.3, -0.25) is 10.1 Å². The Kier molecular flexibility index (Phi) is 4.35. The lowest BCUT2D eigenvalue weighted by molar-refractivity contribution is -0.118. The maximum atomic E-state index is 12.0. The Morgan fingerprint density at radius 2 is 2.37 bits per heavy atom. The predicted molar refractivity (Wildman–Crippen MR) is 69.5 cm³/mol. The van der Waals surface area contributed by atoms with Crippen molar-refractivity contribution in [1.29, 1.82) is 0 Å². The Bertz CT molecular complexity index is 519. The van der Waals surface area contributed by atoms with Crippen molar-refractivity contribution in [2.75, 3.05) is 5.32 Å². The molecule has 0 aliphatic rings. The van der Waals surface area contributed by atoms with Crippen molar-refractivity contribution < 1.29 is 13.7 Å². The molecule has 0 aliphatic heterocycles. The van der Waals surface area contributed by atoms with Gasteiger partial charge in [0.15, 0.2) is 5.82 Å². The second kappa shape index (κ2) is 6.19. The molecule has 2 aromatic rings. The lowest BCUT2D eigenvalue weighted by Gasteiger charge is -2.14. The van der Waals surface area contributed by atoms with Gasteiger partial charge in [-0.2, -0.15) is 0 Å². The van der Waals surface area contributed by atoms with Gasteiger partial charge in [-0.25, -0.2) is 0 Å². The lowest BCUT2D eigenvalue weighted by atomic mass is 10.2. The zero-order valence-corrected chi connectivity index (χ0v) is 11.0. The quantitative estimate of drug-likeness (QED) is 0.834. The molecule has 6 nitrogen and oxygen atoms in total. The van der Waals surface area contributed by atoms with Crippen LogP contribution in [-0.4, -0.2) is 17.1 Å². The van der Waals surface area contributed by atoms with Gasteiger partial charge in [-0.05, 0) is 25.5 Å². The molecule has 19 heavy (non-hydrogen) atoms. The summed E-state index contributed by atoms with van der Waals surface area (Å²) in [5.41, 5.74) is 0. The maximum Gasteiger partial charge on any atom is 0.242 e. The molecule has 6 heteroatoms. The lowest BCUT2D eigenvalue weighted by Crippen LogP contribution is -2.39. The van der Waals surface area contributed by atoms with Crippen molar-refractivity contribution in [3.63, 3.8) is 0 Å². The second-order valence-corrected chi connectivity index (χ2v) is 4.23. The van der Waals surface area contributed by atoms with E-state index in [1.807, 2.05) is 19.1 Å². The van der Waals surface area contributed by atoms with Gasteiger partial charge < -0.3 is 14.3 Å². The predicted octanol–water partition coefficient (Wildman–Crippen LogP) is 2.08. The molecule has 0 radical (unpaired) electrons. The number of nitrogens with zero attached hydrogens (tertiary/aromatic N) is 1. The summed E-state index contributed by atoms with van der Waals surface area (Å²) in [7, 11) is 0. The number of furan rings is 1. The van der Waals surface area contributed by atoms with Crippen LogP contribution in [0.25, 0.3) is 0 Å². The van der Waals surface area contributed by atoms with Gasteiger partial charge >= 0.3 is 0 Å². The average Bonchev–Trinajstić information content (AvgIpc) is 3.02. The average molecular weight is 263 g/mol. The standard InChI is InChI=1S/C13H17N3O3/c1-3-11(14-8-10-5-4-6-18-10)13(17)15-12-7-9(2)19-16-12/h4-7,11,14H,3,8H2,1-2H3,(H,15,16,17). The van der Waals surface area contributed by atoms with Gasteiger partial charge in [0.25, 0.3) is 0 Å². The fraction of sp³-hybridized carbons (Fsp3) is 0.385. The molecule has 2 aromatic heterocycles. The summed E-state index contributed by atoms with van der Waals surface area (Å²) in [5, 5.41) is 9.57. The van der Waals surface area contributed by atoms with Gasteiger partial charge in [0, 0.05) is 6.07 Å². The summed E-state index contributed by atoms with van der Waals surface area (Å²) < 4.78 is 10.1. The van der Waals surface area contributed by atoms with E-state index >= 15 is 0 Å². The Hall–Kier alpha value is -2.08. The zero-order chi connectivity index (χ0) is 13.7. The van der Waals surface area contributed by atoms with Crippen LogP contribution in [0.2, 0.25) is 0 Å². The molecule has 1 unspecified atom stereocenters. The molecule has 0 fully saturated rings. The summed E-state index contributed by atoms with van der Waals surface area (Å²) in [5.74, 6) is 1.75. The van der Waals surface area contributed by atoms with Crippen molar-refractivity contribution in [3.05, 3.63) is 36.0 Å². The van der Waals surface area contributed by atoms with E-state index in [9.17, 15) is 4.79 Å². The summed E-state index contributed by atoms with van der Waals surface area (Å²) in [6, 6.07) is 5.05. The minimum atomic E-state index is -0.304. The van der Waals surface area contributed by atoms with Crippen LogP contribution in [0.1, 0.15) is 24.9 Å². The highest BCUT2D eigenvalue weighted by molar-refractivity contribution is 5.93. The highest BCUT2D eigenvalue weighted by atomic mass is 16.5. The van der Waals surface area contributed by atoms with E-state index in [0.29, 0.717) is 24.5 Å². The molecule has 0 spiro atoms. The van der Waals surface area contributed by atoms with E-state index < -0.39 is 0 Å². The van der Waals surface area contributed by atoms with E-state index in [2.05, 4.69) is 15.8 Å². The minimum Gasteiger partial charge on any atom is -0.468 e. The van der Waals surface area contributed by atoms with Crippen molar-refractivity contribution >= 4 is 11.7 Å². The van der Waals surface area contributed by atoms with Crippen LogP contribution in [0.4, 0.5) is 5.82 Å². The normalized spacial score (nSPS) is 12.3. The molecular weight excluding hydrogens is 246 g/mol. The molecule has 0 aliphatic carbocycles. The van der Waals surface area contributed by atoms with Gasteiger partial charge in [0.05, 0.1) is 18.8 Å². The van der Waals surface area contributed by atoms with Gasteiger partial charge in [0.1, 0.15) is 11.5 Å². The number of nitrogens with one attached hydrogen (secondary N) is 2. The largest absolute Gasteiger partial charge is 0.468 e. The van der Waals surface area contributed by atoms with Gasteiger partial charge in [0.2, 0.25) is 5.91 Å². The smallest absolute Gasteiger partial charge is 0.242 e. The zero-order valence-electron chi connectivity index (χ0n) is 11.0. The first kappa shape index (κ1) is 13.4. The van der Waals surface area contributed by atoms with Crippen molar-refractivity contribution in [2.45, 2.75) is 32.9 Å². The molecule has 2 rings (SSSR count). The Morgan fingerprint density at radius 3 is 2.95 bits per heavy atom. The van der Waals surface area contributed by atoms with Gasteiger partial charge in [-0.1, -0.05) is 12.1 Å². The number of carbonyl (C=O) groups excluding carboxylic acids is 1. The van der Waals surface area contributed by atoms with Crippen molar-refractivity contribution in [2.24, 2.45) is 0 Å². The van der Waals surface area contributed by atoms with Crippen LogP contribution in [-0.2, 0) is 11.3 Å². The SMILES string of the molecule is CCC(NCc1ccco1)C(=O)Nc1cc(C)on1. The fourth-order valence-corrected chi connectivity index (χ4v) is 1.70. The van der Waals surface area contributed by atoms with Crippen LogP contribution in [0.15, 0.2) is 33.4 Å². The first-order valence-corrected chi connectivity index (χ1v) is 6.19. The number of rotatable bonds is 6.